The Hall–Kier alpha value is -2.10. The first-order chi connectivity index (χ1) is 9.59. The van der Waals surface area contributed by atoms with Crippen LogP contribution < -0.4 is 14.4 Å². The molecule has 1 aromatic rings. The molecule has 1 fully saturated rings. The number of rotatable bonds is 1. The van der Waals surface area contributed by atoms with Gasteiger partial charge in [0.25, 0.3) is 5.88 Å². The lowest BCUT2D eigenvalue weighted by atomic mass is 10.1. The maximum absolute atomic E-state index is 13.4. The third-order valence-corrected chi connectivity index (χ3v) is 3.48. The first-order valence-electron chi connectivity index (χ1n) is 6.42. The third kappa shape index (κ3) is 2.33. The Balaban J connectivity index is 1.92. The molecule has 0 atom stereocenters. The summed E-state index contributed by atoms with van der Waals surface area (Å²) in [5.41, 5.74) is 0.319. The molecule has 0 N–H and O–H groups in total. The number of aromatic nitrogens is 1. The van der Waals surface area contributed by atoms with Gasteiger partial charge in [0.15, 0.2) is 11.6 Å². The number of hydrogen-bond acceptors (Lipinski definition) is 5. The second-order valence-electron chi connectivity index (χ2n) is 4.88. The summed E-state index contributed by atoms with van der Waals surface area (Å²) in [5.74, 6) is -1.51. The van der Waals surface area contributed by atoms with Gasteiger partial charge in [0.1, 0.15) is 6.07 Å². The van der Waals surface area contributed by atoms with Gasteiger partial charge in [-0.25, -0.2) is 8.78 Å². The molecule has 0 aliphatic carbocycles. The highest BCUT2D eigenvalue weighted by Crippen LogP contribution is 2.36. The van der Waals surface area contributed by atoms with E-state index in [1.807, 2.05) is 6.07 Å². The molecule has 0 spiro atoms. The van der Waals surface area contributed by atoms with Crippen molar-refractivity contribution in [2.75, 3.05) is 24.8 Å². The van der Waals surface area contributed by atoms with Crippen LogP contribution in [0.2, 0.25) is 0 Å². The van der Waals surface area contributed by atoms with Crippen molar-refractivity contribution in [2.45, 2.75) is 25.2 Å². The molecule has 0 aromatic carbocycles. The standard InChI is InChI=1S/C13H13F2N3O2/c14-13(15)2-1-4-18(5-3-13)11-9(7-16)6-10-12(17-11)20-8-19-10/h6H,1-5,8H2. The van der Waals surface area contributed by atoms with Crippen LogP contribution in [0.25, 0.3) is 0 Å². The van der Waals surface area contributed by atoms with Gasteiger partial charge in [-0.3, -0.25) is 0 Å². The van der Waals surface area contributed by atoms with E-state index in [1.54, 1.807) is 11.0 Å². The van der Waals surface area contributed by atoms with E-state index in [4.69, 9.17) is 9.47 Å². The van der Waals surface area contributed by atoms with Gasteiger partial charge in [0, 0.05) is 32.0 Å². The molecule has 106 valence electrons. The molecule has 0 amide bonds. The lowest BCUT2D eigenvalue weighted by molar-refractivity contribution is -0.0102. The van der Waals surface area contributed by atoms with Gasteiger partial charge >= 0.3 is 0 Å². The fraction of sp³-hybridized carbons (Fsp3) is 0.538. The van der Waals surface area contributed by atoms with Crippen molar-refractivity contribution in [3.63, 3.8) is 0 Å². The number of pyridine rings is 1. The zero-order valence-electron chi connectivity index (χ0n) is 10.7. The van der Waals surface area contributed by atoms with E-state index < -0.39 is 5.92 Å². The predicted octanol–water partition coefficient (Wildman–Crippen LogP) is 2.31. The first kappa shape index (κ1) is 12.9. The van der Waals surface area contributed by atoms with Crippen molar-refractivity contribution in [1.29, 1.82) is 5.26 Å². The number of nitrogens with zero attached hydrogens (tertiary/aromatic N) is 3. The fourth-order valence-electron chi connectivity index (χ4n) is 2.42. The lowest BCUT2D eigenvalue weighted by Gasteiger charge is -2.22. The molecule has 5 nitrogen and oxygen atoms in total. The quantitative estimate of drug-likeness (QED) is 0.790. The molecule has 7 heteroatoms. The number of halogens is 2. The van der Waals surface area contributed by atoms with E-state index >= 15 is 0 Å². The normalized spacial score (nSPS) is 20.4. The zero-order chi connectivity index (χ0) is 14.2. The van der Waals surface area contributed by atoms with Gasteiger partial charge in [-0.2, -0.15) is 10.2 Å². The summed E-state index contributed by atoms with van der Waals surface area (Å²) in [6.07, 6.45) is 0.0118. The second-order valence-corrected chi connectivity index (χ2v) is 4.88. The SMILES string of the molecule is N#Cc1cc2c(nc1N1CCCC(F)(F)CC1)OCO2. The molecule has 20 heavy (non-hydrogen) atoms. The van der Waals surface area contributed by atoms with Crippen molar-refractivity contribution in [2.24, 2.45) is 0 Å². The molecule has 2 aliphatic heterocycles. The van der Waals surface area contributed by atoms with Crippen LogP contribution in [0.3, 0.4) is 0 Å². The summed E-state index contributed by atoms with van der Waals surface area (Å²) in [6.45, 7) is 0.694. The molecule has 0 unspecified atom stereocenters. The van der Waals surface area contributed by atoms with Crippen molar-refractivity contribution >= 4 is 5.82 Å². The minimum absolute atomic E-state index is 0.0642. The topological polar surface area (TPSA) is 58.4 Å². The Morgan fingerprint density at radius 2 is 2.15 bits per heavy atom. The summed E-state index contributed by atoms with van der Waals surface area (Å²) in [4.78, 5) is 5.97. The van der Waals surface area contributed by atoms with Gasteiger partial charge in [-0.15, -0.1) is 0 Å². The smallest absolute Gasteiger partial charge is 0.262 e. The van der Waals surface area contributed by atoms with Crippen molar-refractivity contribution < 1.29 is 18.3 Å². The molecule has 1 saturated heterocycles. The minimum atomic E-state index is -2.64. The fourth-order valence-corrected chi connectivity index (χ4v) is 2.42. The van der Waals surface area contributed by atoms with Crippen LogP contribution in [0.5, 0.6) is 11.6 Å². The first-order valence-corrected chi connectivity index (χ1v) is 6.42. The van der Waals surface area contributed by atoms with E-state index in [0.717, 1.165) is 0 Å². The molecular formula is C13H13F2N3O2. The molecule has 1 aromatic heterocycles. The van der Waals surface area contributed by atoms with Crippen LogP contribution in [0.15, 0.2) is 6.07 Å². The van der Waals surface area contributed by atoms with Crippen molar-refractivity contribution in [1.82, 2.24) is 4.98 Å². The number of fused-ring (bicyclic) bond motifs is 1. The maximum atomic E-state index is 13.4. The summed E-state index contributed by atoms with van der Waals surface area (Å²) in [6, 6.07) is 3.59. The van der Waals surface area contributed by atoms with Crippen LogP contribution in [0, 0.1) is 11.3 Å². The van der Waals surface area contributed by atoms with Crippen LogP contribution in [0.4, 0.5) is 14.6 Å². The highest BCUT2D eigenvalue weighted by Gasteiger charge is 2.33. The van der Waals surface area contributed by atoms with Crippen molar-refractivity contribution in [3.8, 4) is 17.7 Å². The van der Waals surface area contributed by atoms with Crippen molar-refractivity contribution in [3.05, 3.63) is 11.6 Å². The molecule has 0 saturated carbocycles. The summed E-state index contributed by atoms with van der Waals surface area (Å²) >= 11 is 0. The predicted molar refractivity (Wildman–Crippen MR) is 66.1 cm³/mol. The number of anilines is 1. The highest BCUT2D eigenvalue weighted by atomic mass is 19.3. The van der Waals surface area contributed by atoms with E-state index in [-0.39, 0.29) is 26.2 Å². The molecular weight excluding hydrogens is 268 g/mol. The van der Waals surface area contributed by atoms with Crippen LogP contribution in [-0.2, 0) is 0 Å². The van der Waals surface area contributed by atoms with Crippen LogP contribution in [0.1, 0.15) is 24.8 Å². The van der Waals surface area contributed by atoms with Crippen LogP contribution in [-0.4, -0.2) is 30.8 Å². The van der Waals surface area contributed by atoms with Gasteiger partial charge in [0.2, 0.25) is 12.7 Å². The maximum Gasteiger partial charge on any atom is 0.262 e. The van der Waals surface area contributed by atoms with E-state index in [1.165, 1.54) is 0 Å². The number of alkyl halides is 2. The lowest BCUT2D eigenvalue weighted by Crippen LogP contribution is -2.27. The summed E-state index contributed by atoms with van der Waals surface area (Å²) < 4.78 is 37.1. The Kier molecular flexibility index (Phi) is 3.08. The largest absolute Gasteiger partial charge is 0.452 e. The van der Waals surface area contributed by atoms with E-state index in [2.05, 4.69) is 4.98 Å². The average molecular weight is 281 g/mol. The Labute approximate surface area is 114 Å². The average Bonchev–Trinajstić information content (AvgIpc) is 2.80. The summed E-state index contributed by atoms with van der Waals surface area (Å²) in [5, 5.41) is 9.19. The molecule has 3 heterocycles. The zero-order valence-corrected chi connectivity index (χ0v) is 10.7. The van der Waals surface area contributed by atoms with Gasteiger partial charge < -0.3 is 14.4 Å². The molecule has 0 radical (unpaired) electrons. The van der Waals surface area contributed by atoms with Gasteiger partial charge in [-0.1, -0.05) is 0 Å². The second kappa shape index (κ2) is 4.78. The van der Waals surface area contributed by atoms with Gasteiger partial charge in [-0.05, 0) is 6.42 Å². The highest BCUT2D eigenvalue weighted by molar-refractivity contribution is 5.59. The Morgan fingerprint density at radius 1 is 1.30 bits per heavy atom. The third-order valence-electron chi connectivity index (χ3n) is 3.48. The monoisotopic (exact) mass is 281 g/mol. The van der Waals surface area contributed by atoms with Gasteiger partial charge in [0.05, 0.1) is 5.56 Å². The Morgan fingerprint density at radius 3 is 2.95 bits per heavy atom. The molecule has 2 aliphatic rings. The molecule has 0 bridgehead atoms. The molecule has 3 rings (SSSR count). The summed E-state index contributed by atoms with van der Waals surface area (Å²) in [7, 11) is 0. The number of ether oxygens (including phenoxy) is 2. The Bertz CT molecular complexity index is 571. The van der Waals surface area contributed by atoms with E-state index in [0.29, 0.717) is 36.0 Å². The van der Waals surface area contributed by atoms with E-state index in [9.17, 15) is 14.0 Å². The minimum Gasteiger partial charge on any atom is -0.452 e. The number of hydrogen-bond donors (Lipinski definition) is 0. The number of nitriles is 1. The van der Waals surface area contributed by atoms with Crippen LogP contribution >= 0.6 is 0 Å².